The molecule has 0 bridgehead atoms. The number of benzene rings is 1. The summed E-state index contributed by atoms with van der Waals surface area (Å²) < 4.78 is 0. The molecule has 4 nitrogen and oxygen atoms in total. The summed E-state index contributed by atoms with van der Waals surface area (Å²) in [4.78, 5) is 15.5. The Bertz CT molecular complexity index is 554. The van der Waals surface area contributed by atoms with E-state index in [4.69, 9.17) is 5.11 Å². The lowest BCUT2D eigenvalue weighted by Crippen LogP contribution is -2.47. The molecule has 1 saturated heterocycles. The molecule has 1 aromatic rings. The molecule has 1 aliphatic carbocycles. The standard InChI is InChI=1S/C20H30N2O2/c1-20(16-6-4-3-5-7-16)11-8-18(14-20)22-12-9-17(10-13-22)21(2)15-19(23)24/h3-7,17-18H,8-15H2,1-2H3,(H,23,24). The minimum atomic E-state index is -0.727. The van der Waals surface area contributed by atoms with Gasteiger partial charge in [0.05, 0.1) is 6.54 Å². The van der Waals surface area contributed by atoms with Crippen LogP contribution in [-0.2, 0) is 10.2 Å². The van der Waals surface area contributed by atoms with Crippen molar-refractivity contribution in [1.82, 2.24) is 9.80 Å². The van der Waals surface area contributed by atoms with Crippen molar-refractivity contribution in [2.24, 2.45) is 0 Å². The zero-order valence-corrected chi connectivity index (χ0v) is 14.9. The lowest BCUT2D eigenvalue weighted by atomic mass is 9.81. The molecule has 24 heavy (non-hydrogen) atoms. The number of hydrogen-bond acceptors (Lipinski definition) is 3. The summed E-state index contributed by atoms with van der Waals surface area (Å²) >= 11 is 0. The number of hydrogen-bond donors (Lipinski definition) is 1. The maximum Gasteiger partial charge on any atom is 0.317 e. The highest BCUT2D eigenvalue weighted by Gasteiger charge is 2.39. The molecule has 1 heterocycles. The fourth-order valence-electron chi connectivity index (χ4n) is 4.66. The van der Waals surface area contributed by atoms with E-state index in [1.807, 2.05) is 11.9 Å². The van der Waals surface area contributed by atoms with Crippen LogP contribution in [-0.4, -0.2) is 59.6 Å². The molecule has 2 fully saturated rings. The quantitative estimate of drug-likeness (QED) is 0.901. The second-order valence-corrected chi connectivity index (χ2v) is 7.90. The number of piperidine rings is 1. The summed E-state index contributed by atoms with van der Waals surface area (Å²) in [7, 11) is 1.94. The average Bonchev–Trinajstić information content (AvgIpc) is 2.99. The molecule has 0 spiro atoms. The second-order valence-electron chi connectivity index (χ2n) is 7.90. The molecule has 0 aromatic heterocycles. The van der Waals surface area contributed by atoms with Crippen LogP contribution in [0.4, 0.5) is 0 Å². The highest BCUT2D eigenvalue weighted by atomic mass is 16.4. The number of carbonyl (C=O) groups is 1. The van der Waals surface area contributed by atoms with Crippen LogP contribution in [0.2, 0.25) is 0 Å². The normalized spacial score (nSPS) is 29.2. The molecule has 1 N–H and O–H groups in total. The molecule has 1 aromatic carbocycles. The molecular weight excluding hydrogens is 300 g/mol. The van der Waals surface area contributed by atoms with E-state index in [0.717, 1.165) is 25.9 Å². The van der Waals surface area contributed by atoms with Crippen molar-refractivity contribution in [3.05, 3.63) is 35.9 Å². The first-order valence-corrected chi connectivity index (χ1v) is 9.19. The Kier molecular flexibility index (Phi) is 5.26. The number of likely N-dealkylation sites (tertiary alicyclic amines) is 1. The van der Waals surface area contributed by atoms with Gasteiger partial charge < -0.3 is 10.0 Å². The van der Waals surface area contributed by atoms with Crippen LogP contribution < -0.4 is 0 Å². The third-order valence-corrected chi connectivity index (χ3v) is 6.21. The highest BCUT2D eigenvalue weighted by Crippen LogP contribution is 2.43. The molecular formula is C20H30N2O2. The topological polar surface area (TPSA) is 43.8 Å². The van der Waals surface area contributed by atoms with Crippen LogP contribution in [0, 0.1) is 0 Å². The molecule has 3 rings (SSSR count). The fraction of sp³-hybridized carbons (Fsp3) is 0.650. The van der Waals surface area contributed by atoms with Crippen LogP contribution in [0.5, 0.6) is 0 Å². The first-order valence-electron chi connectivity index (χ1n) is 9.19. The van der Waals surface area contributed by atoms with E-state index in [0.29, 0.717) is 17.5 Å². The number of nitrogens with zero attached hydrogens (tertiary/aromatic N) is 2. The van der Waals surface area contributed by atoms with E-state index in [1.54, 1.807) is 0 Å². The highest BCUT2D eigenvalue weighted by molar-refractivity contribution is 5.69. The van der Waals surface area contributed by atoms with Crippen molar-refractivity contribution >= 4 is 5.97 Å². The Morgan fingerprint density at radius 1 is 1.25 bits per heavy atom. The average molecular weight is 330 g/mol. The van der Waals surface area contributed by atoms with Gasteiger partial charge in [-0.05, 0) is 63.2 Å². The number of likely N-dealkylation sites (N-methyl/N-ethyl adjacent to an activating group) is 1. The molecule has 2 unspecified atom stereocenters. The summed E-state index contributed by atoms with van der Waals surface area (Å²) in [6.07, 6.45) is 5.96. The van der Waals surface area contributed by atoms with E-state index in [2.05, 4.69) is 42.2 Å². The van der Waals surface area contributed by atoms with Crippen molar-refractivity contribution in [3.63, 3.8) is 0 Å². The lowest BCUT2D eigenvalue weighted by molar-refractivity contribution is -0.138. The Morgan fingerprint density at radius 3 is 2.54 bits per heavy atom. The van der Waals surface area contributed by atoms with Gasteiger partial charge in [-0.25, -0.2) is 0 Å². The fourth-order valence-corrected chi connectivity index (χ4v) is 4.66. The monoisotopic (exact) mass is 330 g/mol. The summed E-state index contributed by atoms with van der Waals surface area (Å²) in [5.74, 6) is -0.727. The van der Waals surface area contributed by atoms with E-state index in [-0.39, 0.29) is 6.54 Å². The van der Waals surface area contributed by atoms with Gasteiger partial charge in [0.25, 0.3) is 0 Å². The second kappa shape index (κ2) is 7.24. The number of carboxylic acids is 1. The number of carboxylic acid groups (broad SMARTS) is 1. The van der Waals surface area contributed by atoms with Crippen molar-refractivity contribution in [2.75, 3.05) is 26.7 Å². The molecule has 1 saturated carbocycles. The molecule has 0 amide bonds. The van der Waals surface area contributed by atoms with Gasteiger partial charge in [0.2, 0.25) is 0 Å². The largest absolute Gasteiger partial charge is 0.480 e. The summed E-state index contributed by atoms with van der Waals surface area (Å²) in [5, 5.41) is 8.95. The van der Waals surface area contributed by atoms with Gasteiger partial charge in [-0.2, -0.15) is 0 Å². The van der Waals surface area contributed by atoms with Crippen molar-refractivity contribution in [3.8, 4) is 0 Å². The van der Waals surface area contributed by atoms with Gasteiger partial charge in [0.1, 0.15) is 0 Å². The molecule has 2 atom stereocenters. The van der Waals surface area contributed by atoms with Crippen LogP contribution in [0.25, 0.3) is 0 Å². The number of rotatable bonds is 5. The van der Waals surface area contributed by atoms with Crippen molar-refractivity contribution in [2.45, 2.75) is 56.5 Å². The Balaban J connectivity index is 1.54. The van der Waals surface area contributed by atoms with Crippen molar-refractivity contribution in [1.29, 1.82) is 0 Å². The van der Waals surface area contributed by atoms with Gasteiger partial charge in [0, 0.05) is 12.1 Å². The first kappa shape index (κ1) is 17.4. The molecule has 4 heteroatoms. The minimum Gasteiger partial charge on any atom is -0.480 e. The lowest BCUT2D eigenvalue weighted by Gasteiger charge is -2.39. The van der Waals surface area contributed by atoms with Crippen LogP contribution in [0.1, 0.15) is 44.6 Å². The summed E-state index contributed by atoms with van der Waals surface area (Å²) in [6, 6.07) is 12.0. The van der Waals surface area contributed by atoms with Gasteiger partial charge >= 0.3 is 5.97 Å². The Labute approximate surface area is 145 Å². The zero-order chi connectivity index (χ0) is 17.2. The van der Waals surface area contributed by atoms with Gasteiger partial charge in [0.15, 0.2) is 0 Å². The SMILES string of the molecule is CN(CC(=O)O)C1CCN(C2CCC(C)(c3ccccc3)C2)CC1. The molecule has 1 aliphatic heterocycles. The maximum absolute atomic E-state index is 10.9. The third-order valence-electron chi connectivity index (χ3n) is 6.21. The molecule has 2 aliphatic rings. The Hall–Kier alpha value is -1.39. The zero-order valence-electron chi connectivity index (χ0n) is 14.9. The van der Waals surface area contributed by atoms with Gasteiger partial charge in [-0.15, -0.1) is 0 Å². The van der Waals surface area contributed by atoms with Crippen LogP contribution in [0.3, 0.4) is 0 Å². The van der Waals surface area contributed by atoms with Gasteiger partial charge in [-0.1, -0.05) is 37.3 Å². The maximum atomic E-state index is 10.9. The predicted molar refractivity (Wildman–Crippen MR) is 96.3 cm³/mol. The summed E-state index contributed by atoms with van der Waals surface area (Å²) in [6.45, 7) is 4.77. The van der Waals surface area contributed by atoms with E-state index in [9.17, 15) is 4.79 Å². The minimum absolute atomic E-state index is 0.153. The van der Waals surface area contributed by atoms with Crippen molar-refractivity contribution < 1.29 is 9.90 Å². The third kappa shape index (κ3) is 3.81. The van der Waals surface area contributed by atoms with E-state index in [1.165, 1.54) is 24.8 Å². The predicted octanol–water partition coefficient (Wildman–Crippen LogP) is 2.98. The van der Waals surface area contributed by atoms with E-state index < -0.39 is 5.97 Å². The molecule has 132 valence electrons. The summed E-state index contributed by atoms with van der Waals surface area (Å²) in [5.41, 5.74) is 1.78. The van der Waals surface area contributed by atoms with Crippen LogP contribution >= 0.6 is 0 Å². The van der Waals surface area contributed by atoms with Crippen LogP contribution in [0.15, 0.2) is 30.3 Å². The Morgan fingerprint density at radius 2 is 1.92 bits per heavy atom. The first-order chi connectivity index (χ1) is 11.5. The smallest absolute Gasteiger partial charge is 0.317 e. The van der Waals surface area contributed by atoms with E-state index >= 15 is 0 Å². The van der Waals surface area contributed by atoms with Gasteiger partial charge in [-0.3, -0.25) is 9.69 Å². The molecule has 0 radical (unpaired) electrons. The number of aliphatic carboxylic acids is 1.